The van der Waals surface area contributed by atoms with E-state index in [0.717, 1.165) is 16.1 Å². The van der Waals surface area contributed by atoms with Gasteiger partial charge < -0.3 is 15.0 Å². The van der Waals surface area contributed by atoms with E-state index in [0.29, 0.717) is 38.9 Å². The van der Waals surface area contributed by atoms with Crippen LogP contribution in [-0.2, 0) is 0 Å². The SMILES string of the molecule is O=C(O)N(c1ccsc1-c1ccccc1)C12CC[N+]([O-])(CC1)CC2. The maximum atomic E-state index is 12.4. The quantitative estimate of drug-likeness (QED) is 0.672. The molecule has 3 saturated heterocycles. The van der Waals surface area contributed by atoms with Gasteiger partial charge in [0, 0.05) is 19.3 Å². The first-order valence-electron chi connectivity index (χ1n) is 8.26. The molecule has 0 atom stereocenters. The molecule has 1 N–H and O–H groups in total. The van der Waals surface area contributed by atoms with Crippen LogP contribution in [0.15, 0.2) is 41.8 Å². The smallest absolute Gasteiger partial charge is 0.412 e. The lowest BCUT2D eigenvalue weighted by Crippen LogP contribution is -2.67. The molecule has 5 rings (SSSR count). The van der Waals surface area contributed by atoms with Gasteiger partial charge in [-0.05, 0) is 17.0 Å². The largest absolute Gasteiger partial charge is 0.633 e. The van der Waals surface area contributed by atoms with Crippen LogP contribution in [0.4, 0.5) is 10.5 Å². The summed E-state index contributed by atoms with van der Waals surface area (Å²) < 4.78 is -0.148. The van der Waals surface area contributed by atoms with Gasteiger partial charge in [-0.2, -0.15) is 0 Å². The number of benzene rings is 1. The van der Waals surface area contributed by atoms with Crippen molar-refractivity contribution in [1.82, 2.24) is 0 Å². The minimum Gasteiger partial charge on any atom is -0.633 e. The van der Waals surface area contributed by atoms with Crippen molar-refractivity contribution < 1.29 is 14.5 Å². The van der Waals surface area contributed by atoms with E-state index in [2.05, 4.69) is 0 Å². The van der Waals surface area contributed by atoms with Crippen LogP contribution in [0.2, 0.25) is 0 Å². The molecular weight excluding hydrogens is 324 g/mol. The molecular formula is C18H20N2O3S. The van der Waals surface area contributed by atoms with Crippen molar-refractivity contribution in [2.24, 2.45) is 0 Å². The summed E-state index contributed by atoms with van der Waals surface area (Å²) in [5, 5.41) is 24.4. The van der Waals surface area contributed by atoms with E-state index in [1.165, 1.54) is 0 Å². The number of amides is 1. The summed E-state index contributed by atoms with van der Waals surface area (Å²) in [5.74, 6) is 0. The summed E-state index contributed by atoms with van der Waals surface area (Å²) in [4.78, 5) is 14.7. The van der Waals surface area contributed by atoms with Gasteiger partial charge in [0.15, 0.2) is 0 Å². The summed E-state index contributed by atoms with van der Waals surface area (Å²) in [7, 11) is 0. The average molecular weight is 344 g/mol. The Bertz CT molecular complexity index is 734. The predicted octanol–water partition coefficient (Wildman–Crippen LogP) is 4.15. The minimum absolute atomic E-state index is 0.148. The van der Waals surface area contributed by atoms with Crippen LogP contribution in [0.3, 0.4) is 0 Å². The van der Waals surface area contributed by atoms with Crippen molar-refractivity contribution in [3.8, 4) is 10.4 Å². The topological polar surface area (TPSA) is 63.6 Å². The highest BCUT2D eigenvalue weighted by atomic mass is 32.1. The minimum atomic E-state index is -0.918. The molecule has 24 heavy (non-hydrogen) atoms. The fourth-order valence-corrected chi connectivity index (χ4v) is 5.01. The third-order valence-electron chi connectivity index (χ3n) is 5.54. The van der Waals surface area contributed by atoms with Crippen molar-refractivity contribution in [3.63, 3.8) is 0 Å². The summed E-state index contributed by atoms with van der Waals surface area (Å²) in [6.45, 7) is 1.57. The molecule has 3 fully saturated rings. The molecule has 1 aromatic carbocycles. The van der Waals surface area contributed by atoms with Crippen LogP contribution in [0, 0.1) is 5.21 Å². The fraction of sp³-hybridized carbons (Fsp3) is 0.389. The number of quaternary nitrogens is 1. The number of hydroxylamine groups is 3. The summed E-state index contributed by atoms with van der Waals surface area (Å²) in [6, 6.07) is 11.8. The lowest BCUT2D eigenvalue weighted by Gasteiger charge is -2.59. The lowest BCUT2D eigenvalue weighted by molar-refractivity contribution is -0.896. The highest BCUT2D eigenvalue weighted by Crippen LogP contribution is 2.46. The van der Waals surface area contributed by atoms with Crippen molar-refractivity contribution in [1.29, 1.82) is 0 Å². The summed E-state index contributed by atoms with van der Waals surface area (Å²) >= 11 is 1.56. The number of carbonyl (C=O) groups is 1. The predicted molar refractivity (Wildman–Crippen MR) is 95.1 cm³/mol. The molecule has 6 heteroatoms. The number of hydrogen-bond acceptors (Lipinski definition) is 3. The number of hydrogen-bond donors (Lipinski definition) is 1. The van der Waals surface area contributed by atoms with Crippen molar-refractivity contribution in [2.75, 3.05) is 24.5 Å². The zero-order valence-electron chi connectivity index (χ0n) is 13.4. The number of thiophene rings is 1. The van der Waals surface area contributed by atoms with E-state index in [1.807, 2.05) is 41.8 Å². The number of nitrogens with zero attached hydrogens (tertiary/aromatic N) is 2. The molecule has 0 saturated carbocycles. The average Bonchev–Trinajstić information content (AvgIpc) is 3.06. The lowest BCUT2D eigenvalue weighted by atomic mass is 9.78. The van der Waals surface area contributed by atoms with Gasteiger partial charge in [-0.15, -0.1) is 11.3 Å². The molecule has 1 aromatic heterocycles. The van der Waals surface area contributed by atoms with Gasteiger partial charge in [0.2, 0.25) is 0 Å². The molecule has 3 aliphatic heterocycles. The second kappa shape index (κ2) is 5.58. The van der Waals surface area contributed by atoms with E-state index in [9.17, 15) is 15.1 Å². The van der Waals surface area contributed by atoms with Gasteiger partial charge in [-0.25, -0.2) is 4.79 Å². The number of anilines is 1. The second-order valence-electron chi connectivity index (χ2n) is 6.82. The Kier molecular flexibility index (Phi) is 3.63. The van der Waals surface area contributed by atoms with Crippen molar-refractivity contribution >= 4 is 23.1 Å². The number of rotatable bonds is 3. The zero-order chi connectivity index (χ0) is 16.8. The first-order chi connectivity index (χ1) is 11.5. The zero-order valence-corrected chi connectivity index (χ0v) is 14.2. The molecule has 2 bridgehead atoms. The Morgan fingerprint density at radius 1 is 1.12 bits per heavy atom. The number of carboxylic acid groups (broad SMARTS) is 1. The maximum Gasteiger partial charge on any atom is 0.412 e. The highest BCUT2D eigenvalue weighted by molar-refractivity contribution is 7.14. The van der Waals surface area contributed by atoms with Crippen LogP contribution in [0.25, 0.3) is 10.4 Å². The van der Waals surface area contributed by atoms with Gasteiger partial charge in [0.05, 0.1) is 35.7 Å². The Morgan fingerprint density at radius 2 is 1.75 bits per heavy atom. The van der Waals surface area contributed by atoms with Crippen LogP contribution >= 0.6 is 11.3 Å². The molecule has 2 aromatic rings. The molecule has 5 nitrogen and oxygen atoms in total. The third kappa shape index (κ3) is 2.42. The normalized spacial score (nSPS) is 28.7. The molecule has 4 heterocycles. The first-order valence-corrected chi connectivity index (χ1v) is 9.14. The van der Waals surface area contributed by atoms with Crippen molar-refractivity contribution in [3.05, 3.63) is 47.0 Å². The fourth-order valence-electron chi connectivity index (χ4n) is 4.13. The van der Waals surface area contributed by atoms with E-state index in [-0.39, 0.29) is 4.65 Å². The van der Waals surface area contributed by atoms with Crippen LogP contribution in [0.5, 0.6) is 0 Å². The van der Waals surface area contributed by atoms with E-state index >= 15 is 0 Å². The Balaban J connectivity index is 1.76. The Hall–Kier alpha value is -1.89. The molecule has 126 valence electrons. The van der Waals surface area contributed by atoms with Gasteiger partial charge in [0.25, 0.3) is 0 Å². The molecule has 3 aliphatic rings. The van der Waals surface area contributed by atoms with Crippen LogP contribution in [-0.4, -0.2) is 41.0 Å². The maximum absolute atomic E-state index is 12.4. The van der Waals surface area contributed by atoms with Crippen molar-refractivity contribution in [2.45, 2.75) is 24.8 Å². The Labute approximate surface area is 144 Å². The standard InChI is InChI=1S/C18H20N2O3S/c21-17(22)19(18-7-10-20(23,11-8-18)12-9-18)15-6-13-24-16(15)14-4-2-1-3-5-14/h1-6,13H,7-12H2,(H,21,22). The number of fused-ring (bicyclic) bond motifs is 3. The van der Waals surface area contributed by atoms with Gasteiger partial charge in [0.1, 0.15) is 0 Å². The highest BCUT2D eigenvalue weighted by Gasteiger charge is 2.51. The molecule has 0 aliphatic carbocycles. The molecule has 0 unspecified atom stereocenters. The summed E-state index contributed by atoms with van der Waals surface area (Å²) in [5.41, 5.74) is 1.36. The molecule has 0 radical (unpaired) electrons. The molecule has 1 amide bonds. The summed E-state index contributed by atoms with van der Waals surface area (Å²) in [6.07, 6.45) is 1.02. The number of piperidine rings is 3. The first kappa shape index (κ1) is 15.6. The van der Waals surface area contributed by atoms with E-state index in [1.54, 1.807) is 16.2 Å². The van der Waals surface area contributed by atoms with Gasteiger partial charge in [-0.3, -0.25) is 4.90 Å². The van der Waals surface area contributed by atoms with E-state index < -0.39 is 11.6 Å². The van der Waals surface area contributed by atoms with Gasteiger partial charge in [-0.1, -0.05) is 30.3 Å². The third-order valence-corrected chi connectivity index (χ3v) is 6.49. The molecule has 0 spiro atoms. The van der Waals surface area contributed by atoms with Gasteiger partial charge >= 0.3 is 6.09 Å². The van der Waals surface area contributed by atoms with Crippen LogP contribution in [0.1, 0.15) is 19.3 Å². The van der Waals surface area contributed by atoms with Crippen LogP contribution < -0.4 is 4.90 Å². The Morgan fingerprint density at radius 3 is 2.33 bits per heavy atom. The van der Waals surface area contributed by atoms with E-state index in [4.69, 9.17) is 0 Å². The monoisotopic (exact) mass is 344 g/mol. The second-order valence-corrected chi connectivity index (χ2v) is 7.74.